The van der Waals surface area contributed by atoms with Gasteiger partial charge < -0.3 is 5.11 Å². The molecular weight excluding hydrogens is 721 g/mol. The minimum atomic E-state index is -2.53. The number of rotatable bonds is 9. The third kappa shape index (κ3) is 8.08. The van der Waals surface area contributed by atoms with Gasteiger partial charge in [0, 0.05) is 68.1 Å². The van der Waals surface area contributed by atoms with Gasteiger partial charge in [-0.25, -0.2) is 8.78 Å². The predicted octanol–water partition coefficient (Wildman–Crippen LogP) is 10.3. The van der Waals surface area contributed by atoms with Gasteiger partial charge in [-0.15, -0.1) is 34.9 Å². The van der Waals surface area contributed by atoms with Crippen molar-refractivity contribution in [3.8, 4) is 0 Å². The number of hydrogen-bond donors (Lipinski definition) is 1. The number of hydrogen-bond acceptors (Lipinski definition) is 3. The Morgan fingerprint density at radius 1 is 1.07 bits per heavy atom. The number of nitrogens with zero attached hydrogens (tertiary/aromatic N) is 1. The summed E-state index contributed by atoms with van der Waals surface area (Å²) >= 11 is 0. The second-order valence-corrected chi connectivity index (χ2v) is 12.0. The summed E-state index contributed by atoms with van der Waals surface area (Å²) in [5, 5.41) is 12.0. The minimum absolute atomic E-state index is 0. The second-order valence-electron chi connectivity index (χ2n) is 12.0. The summed E-state index contributed by atoms with van der Waals surface area (Å²) in [5.41, 5.74) is 7.47. The molecule has 1 N–H and O–H groups in total. The number of aliphatic hydroxyl groups is 1. The summed E-state index contributed by atoms with van der Waals surface area (Å²) in [5.74, 6) is -2.05. The van der Waals surface area contributed by atoms with E-state index in [9.17, 15) is 18.7 Å². The molecule has 0 bridgehead atoms. The Kier molecular flexibility index (Phi) is 12.0. The first-order chi connectivity index (χ1) is 20.0. The fourth-order valence-electron chi connectivity index (χ4n) is 6.41. The molecule has 1 aromatic heterocycles. The van der Waals surface area contributed by atoms with Crippen LogP contribution in [0.2, 0.25) is 0 Å². The number of benzene rings is 2. The van der Waals surface area contributed by atoms with E-state index in [4.69, 9.17) is 0 Å². The van der Waals surface area contributed by atoms with Gasteiger partial charge in [0.15, 0.2) is 5.78 Å². The fraction of sp³-hybridized carbons (Fsp3) is 0.459. The monoisotopic (exact) mass is 765 g/mol. The molecule has 1 heterocycles. The largest absolute Gasteiger partial charge is 0.512 e. The second kappa shape index (κ2) is 14.9. The van der Waals surface area contributed by atoms with Crippen molar-refractivity contribution in [2.24, 2.45) is 11.8 Å². The number of ketones is 1. The number of aryl methyl sites for hydroxylation is 2. The molecule has 43 heavy (non-hydrogen) atoms. The molecular formula is C37H44F2IrNO2-. The quantitative estimate of drug-likeness (QED) is 0.105. The molecule has 3 nitrogen and oxygen atoms in total. The number of carbonyl (C=O) groups is 1. The molecule has 1 radical (unpaired) electrons. The number of aromatic nitrogens is 1. The molecule has 0 aliphatic heterocycles. The van der Waals surface area contributed by atoms with Crippen molar-refractivity contribution >= 4 is 28.2 Å². The van der Waals surface area contributed by atoms with Crippen molar-refractivity contribution in [3.05, 3.63) is 87.9 Å². The first-order valence-electron chi connectivity index (χ1n) is 15.5. The van der Waals surface area contributed by atoms with Gasteiger partial charge in [-0.2, -0.15) is 0 Å². The van der Waals surface area contributed by atoms with Gasteiger partial charge in [0.05, 0.1) is 5.76 Å². The zero-order valence-corrected chi connectivity index (χ0v) is 28.6. The van der Waals surface area contributed by atoms with Crippen LogP contribution in [0.1, 0.15) is 112 Å². The molecule has 1 atom stereocenters. The van der Waals surface area contributed by atoms with Crippen molar-refractivity contribution < 1.29 is 38.8 Å². The van der Waals surface area contributed by atoms with E-state index >= 15 is 0 Å². The van der Waals surface area contributed by atoms with Gasteiger partial charge >= 0.3 is 0 Å². The maximum absolute atomic E-state index is 13.7. The molecule has 1 unspecified atom stereocenters. The summed E-state index contributed by atoms with van der Waals surface area (Å²) in [6.45, 7) is 12.2. The van der Waals surface area contributed by atoms with Crippen LogP contribution in [0.4, 0.5) is 8.78 Å². The number of pyridine rings is 1. The number of halogens is 2. The summed E-state index contributed by atoms with van der Waals surface area (Å²) in [6, 6.07) is 13.8. The van der Waals surface area contributed by atoms with E-state index in [0.29, 0.717) is 6.42 Å². The maximum atomic E-state index is 13.7. The van der Waals surface area contributed by atoms with E-state index < -0.39 is 5.92 Å². The number of allylic oxidation sites excluding steroid dienone is 2. The van der Waals surface area contributed by atoms with Crippen LogP contribution in [0.3, 0.4) is 0 Å². The minimum Gasteiger partial charge on any atom is -0.512 e. The van der Waals surface area contributed by atoms with Gasteiger partial charge in [0.25, 0.3) is 0 Å². The van der Waals surface area contributed by atoms with Crippen LogP contribution in [0.5, 0.6) is 0 Å². The fourth-order valence-corrected chi connectivity index (χ4v) is 6.41. The van der Waals surface area contributed by atoms with Gasteiger partial charge in [0.2, 0.25) is 5.92 Å². The van der Waals surface area contributed by atoms with E-state index in [0.717, 1.165) is 70.0 Å². The third-order valence-corrected chi connectivity index (χ3v) is 8.87. The Morgan fingerprint density at radius 3 is 2.33 bits per heavy atom. The Morgan fingerprint density at radius 2 is 1.74 bits per heavy atom. The Hall–Kier alpha value is -2.69. The molecule has 1 saturated carbocycles. The zero-order chi connectivity index (χ0) is 30.6. The summed E-state index contributed by atoms with van der Waals surface area (Å²) in [7, 11) is 0. The molecule has 5 rings (SSSR count). The molecule has 1 fully saturated rings. The molecule has 2 aliphatic rings. The first-order valence-corrected chi connectivity index (χ1v) is 15.5. The van der Waals surface area contributed by atoms with Gasteiger partial charge in [0.1, 0.15) is 0 Å². The standard InChI is InChI=1S/C24H20F2N.C13H24O2.Ir/c1-14-7-15(2)9-19(8-14)21-12-20-11-18(17-3-5-24(25,26)13-17)10-16-4-6-27-23(21)22(16)20;1-5-10(6-2)12(14)9-13(15)11(7-3)8-4;/h4,6-8,10-12,17H,3,5,13H2,1-2H3;9-11,14H,5-8H2,1-4H3;/q-1;;/b;12-9-;. The topological polar surface area (TPSA) is 50.2 Å². The summed E-state index contributed by atoms with van der Waals surface area (Å²) in [4.78, 5) is 16.4. The molecule has 2 aromatic carbocycles. The van der Waals surface area contributed by atoms with Crippen molar-refractivity contribution in [2.45, 2.75) is 98.3 Å². The Balaban J connectivity index is 0.000000274. The van der Waals surface area contributed by atoms with Crippen molar-refractivity contribution in [2.75, 3.05) is 0 Å². The molecule has 0 amide bonds. The van der Waals surface area contributed by atoms with Crippen molar-refractivity contribution in [1.82, 2.24) is 4.98 Å². The summed E-state index contributed by atoms with van der Waals surface area (Å²) < 4.78 is 27.4. The first kappa shape index (κ1) is 34.8. The molecule has 3 aromatic rings. The van der Waals surface area contributed by atoms with E-state index in [-0.39, 0.29) is 62.2 Å². The zero-order valence-electron chi connectivity index (χ0n) is 26.2. The smallest absolute Gasteiger partial charge is 0.248 e. The van der Waals surface area contributed by atoms with Gasteiger partial charge in [-0.1, -0.05) is 65.3 Å². The van der Waals surface area contributed by atoms with Crippen LogP contribution in [-0.2, 0) is 24.9 Å². The number of carbonyl (C=O) groups excluding carboxylic acids is 1. The van der Waals surface area contributed by atoms with E-state index in [2.05, 4.69) is 48.3 Å². The normalized spacial score (nSPS) is 17.1. The van der Waals surface area contributed by atoms with Crippen molar-refractivity contribution in [3.63, 3.8) is 0 Å². The SMILES string of the molecule is CCC(CC)C(=O)/C=C(\O)C(CC)CC.Cc1[c-]c(C2=Cc3cc(C4CCC(F)(F)C4)cc4ccnc2c34)cc(C)c1.[Ir]. The number of aliphatic hydroxyl groups excluding tert-OH is 1. The Bertz CT molecular complexity index is 1480. The van der Waals surface area contributed by atoms with Crippen LogP contribution in [0.25, 0.3) is 22.4 Å². The van der Waals surface area contributed by atoms with Gasteiger partial charge in [-0.05, 0) is 60.6 Å². The average molecular weight is 765 g/mol. The average Bonchev–Trinajstić information content (AvgIpc) is 3.50. The van der Waals surface area contributed by atoms with E-state index in [1.807, 2.05) is 46.9 Å². The molecule has 6 heteroatoms. The van der Waals surface area contributed by atoms with E-state index in [1.54, 1.807) is 0 Å². The molecule has 233 valence electrons. The summed E-state index contributed by atoms with van der Waals surface area (Å²) in [6.07, 6.45) is 9.37. The van der Waals surface area contributed by atoms with E-state index in [1.165, 1.54) is 11.6 Å². The molecule has 0 spiro atoms. The van der Waals surface area contributed by atoms with Crippen LogP contribution < -0.4 is 0 Å². The van der Waals surface area contributed by atoms with Crippen LogP contribution in [-0.4, -0.2) is 21.8 Å². The third-order valence-electron chi connectivity index (χ3n) is 8.87. The maximum Gasteiger partial charge on any atom is 0.248 e. The van der Waals surface area contributed by atoms with Crippen LogP contribution in [0, 0.1) is 31.7 Å². The van der Waals surface area contributed by atoms with Crippen LogP contribution >= 0.6 is 0 Å². The van der Waals surface area contributed by atoms with Gasteiger partial charge in [-0.3, -0.25) is 9.78 Å². The molecule has 0 saturated heterocycles. The molecule has 2 aliphatic carbocycles. The Labute approximate surface area is 269 Å². The number of alkyl halides is 2. The predicted molar refractivity (Wildman–Crippen MR) is 169 cm³/mol. The van der Waals surface area contributed by atoms with Crippen molar-refractivity contribution in [1.29, 1.82) is 0 Å². The van der Waals surface area contributed by atoms with Crippen LogP contribution in [0.15, 0.2) is 48.4 Å².